The SMILES string of the molecule is O=[SH](=O)NC[C@H]1O[C@@H](n2cnc3c(NC4CCc5ccccc54)ncnc32)[C@H](F)[C@H]1O. The second-order valence-electron chi connectivity index (χ2n) is 7.60. The average molecular weight is 448 g/mol. The number of halogens is 1. The number of rotatable bonds is 6. The first kappa shape index (κ1) is 20.2. The Kier molecular flexibility index (Phi) is 5.30. The number of hydrogen-bond donors (Lipinski definition) is 4. The largest absolute Gasteiger partial charge is 0.387 e. The first-order valence-electron chi connectivity index (χ1n) is 9.90. The molecule has 10 nitrogen and oxygen atoms in total. The van der Waals surface area contributed by atoms with E-state index in [1.807, 2.05) is 12.1 Å². The highest BCUT2D eigenvalue weighted by molar-refractivity contribution is 7.70. The molecule has 1 aliphatic carbocycles. The van der Waals surface area contributed by atoms with Gasteiger partial charge in [-0.05, 0) is 24.0 Å². The lowest BCUT2D eigenvalue weighted by molar-refractivity contribution is -0.0194. The number of aliphatic hydroxyl groups is 1. The molecule has 1 fully saturated rings. The number of nitrogens with one attached hydrogen (secondary N) is 2. The van der Waals surface area contributed by atoms with Crippen molar-refractivity contribution in [2.24, 2.45) is 0 Å². The maximum absolute atomic E-state index is 14.8. The maximum Gasteiger partial charge on any atom is 0.201 e. The van der Waals surface area contributed by atoms with Crippen LogP contribution in [-0.4, -0.2) is 58.0 Å². The van der Waals surface area contributed by atoms with Crippen molar-refractivity contribution in [3.05, 3.63) is 48.0 Å². The molecular formula is C19H21FN6O4S. The zero-order chi connectivity index (χ0) is 21.5. The van der Waals surface area contributed by atoms with Gasteiger partial charge >= 0.3 is 0 Å². The second-order valence-corrected chi connectivity index (χ2v) is 8.43. The van der Waals surface area contributed by atoms with Gasteiger partial charge in [0.05, 0.1) is 12.4 Å². The number of thiol groups is 1. The lowest BCUT2D eigenvalue weighted by Crippen LogP contribution is -2.35. The molecule has 3 heterocycles. The molecule has 5 atom stereocenters. The molecule has 2 aromatic heterocycles. The fourth-order valence-electron chi connectivity index (χ4n) is 4.28. The third-order valence-electron chi connectivity index (χ3n) is 5.79. The molecule has 12 heteroatoms. The van der Waals surface area contributed by atoms with Crippen LogP contribution in [0, 0.1) is 0 Å². The summed E-state index contributed by atoms with van der Waals surface area (Å²) in [5, 5.41) is 13.6. The molecule has 2 aliphatic rings. The van der Waals surface area contributed by atoms with Crippen LogP contribution in [0.25, 0.3) is 11.2 Å². The summed E-state index contributed by atoms with van der Waals surface area (Å²) in [5.41, 5.74) is 3.32. The Hall–Kier alpha value is -2.67. The highest BCUT2D eigenvalue weighted by Crippen LogP contribution is 2.36. The van der Waals surface area contributed by atoms with Crippen LogP contribution in [0.4, 0.5) is 10.2 Å². The van der Waals surface area contributed by atoms with Gasteiger partial charge in [-0.15, -0.1) is 0 Å². The number of hydrogen-bond acceptors (Lipinski definition) is 8. The summed E-state index contributed by atoms with van der Waals surface area (Å²) >= 11 is 0. The van der Waals surface area contributed by atoms with E-state index in [-0.39, 0.29) is 12.6 Å². The smallest absolute Gasteiger partial charge is 0.201 e. The van der Waals surface area contributed by atoms with Crippen LogP contribution < -0.4 is 10.0 Å². The Morgan fingerprint density at radius 3 is 2.94 bits per heavy atom. The number of benzene rings is 1. The van der Waals surface area contributed by atoms with Crippen molar-refractivity contribution in [2.45, 2.75) is 43.5 Å². The van der Waals surface area contributed by atoms with Crippen LogP contribution >= 0.6 is 0 Å². The molecular weight excluding hydrogens is 427 g/mol. The van der Waals surface area contributed by atoms with Gasteiger partial charge < -0.3 is 15.2 Å². The Bertz CT molecular complexity index is 1180. The van der Waals surface area contributed by atoms with E-state index in [0.29, 0.717) is 17.0 Å². The Morgan fingerprint density at radius 2 is 2.10 bits per heavy atom. The van der Waals surface area contributed by atoms with Crippen molar-refractivity contribution in [2.75, 3.05) is 11.9 Å². The van der Waals surface area contributed by atoms with Gasteiger partial charge in [-0.3, -0.25) is 4.57 Å². The molecule has 0 saturated carbocycles. The predicted octanol–water partition coefficient (Wildman–Crippen LogP) is 0.638. The molecule has 1 saturated heterocycles. The van der Waals surface area contributed by atoms with Gasteiger partial charge in [-0.1, -0.05) is 24.3 Å². The fraction of sp³-hybridized carbons (Fsp3) is 0.421. The van der Waals surface area contributed by atoms with Crippen LogP contribution in [0.5, 0.6) is 0 Å². The Balaban J connectivity index is 1.41. The molecule has 31 heavy (non-hydrogen) atoms. The Labute approximate surface area is 178 Å². The highest BCUT2D eigenvalue weighted by atomic mass is 32.2. The minimum Gasteiger partial charge on any atom is -0.387 e. The number of aliphatic hydroxyl groups excluding tert-OH is 1. The van der Waals surface area contributed by atoms with E-state index >= 15 is 0 Å². The van der Waals surface area contributed by atoms with Gasteiger partial charge in [0, 0.05) is 6.54 Å². The van der Waals surface area contributed by atoms with E-state index in [4.69, 9.17) is 4.74 Å². The third kappa shape index (κ3) is 3.65. The minimum absolute atomic E-state index is 0.0856. The number of fused-ring (bicyclic) bond motifs is 2. The molecule has 0 radical (unpaired) electrons. The van der Waals surface area contributed by atoms with Crippen molar-refractivity contribution in [1.82, 2.24) is 24.2 Å². The first-order chi connectivity index (χ1) is 15.0. The number of aromatic nitrogens is 4. The monoisotopic (exact) mass is 448 g/mol. The molecule has 0 amide bonds. The topological polar surface area (TPSA) is 131 Å². The number of aryl methyl sites for hydroxylation is 1. The Morgan fingerprint density at radius 1 is 1.26 bits per heavy atom. The fourth-order valence-corrected chi connectivity index (χ4v) is 4.61. The van der Waals surface area contributed by atoms with E-state index in [1.54, 1.807) is 0 Å². The molecule has 1 aliphatic heterocycles. The summed E-state index contributed by atoms with van der Waals surface area (Å²) in [4.78, 5) is 12.9. The third-order valence-corrected chi connectivity index (χ3v) is 6.23. The van der Waals surface area contributed by atoms with Gasteiger partial charge in [-0.2, -0.15) is 0 Å². The molecule has 1 unspecified atom stereocenters. The normalized spacial score (nSPS) is 27.8. The lowest BCUT2D eigenvalue weighted by atomic mass is 10.1. The molecule has 3 aromatic rings. The quantitative estimate of drug-likeness (QED) is 0.404. The van der Waals surface area contributed by atoms with Gasteiger partial charge in [0.15, 0.2) is 29.4 Å². The first-order valence-corrected chi connectivity index (χ1v) is 11.1. The summed E-state index contributed by atoms with van der Waals surface area (Å²) in [6, 6.07) is 8.30. The lowest BCUT2D eigenvalue weighted by Gasteiger charge is -2.16. The molecule has 1 aromatic carbocycles. The predicted molar refractivity (Wildman–Crippen MR) is 110 cm³/mol. The van der Waals surface area contributed by atoms with Crippen LogP contribution in [0.3, 0.4) is 0 Å². The van der Waals surface area contributed by atoms with Gasteiger partial charge in [0.2, 0.25) is 10.9 Å². The van der Waals surface area contributed by atoms with Crippen LogP contribution in [0.15, 0.2) is 36.9 Å². The van der Waals surface area contributed by atoms with Gasteiger partial charge in [0.1, 0.15) is 18.5 Å². The van der Waals surface area contributed by atoms with E-state index < -0.39 is 35.5 Å². The van der Waals surface area contributed by atoms with Crippen molar-refractivity contribution in [3.63, 3.8) is 0 Å². The van der Waals surface area contributed by atoms with Crippen molar-refractivity contribution >= 4 is 27.9 Å². The number of alkyl halides is 1. The van der Waals surface area contributed by atoms with E-state index in [9.17, 15) is 17.9 Å². The van der Waals surface area contributed by atoms with E-state index in [1.165, 1.54) is 28.3 Å². The average Bonchev–Trinajstić information content (AvgIpc) is 3.45. The van der Waals surface area contributed by atoms with Gasteiger partial charge in [-0.25, -0.2) is 32.5 Å². The van der Waals surface area contributed by atoms with E-state index in [2.05, 4.69) is 37.1 Å². The summed E-state index contributed by atoms with van der Waals surface area (Å²) in [6.45, 7) is -0.230. The van der Waals surface area contributed by atoms with Crippen molar-refractivity contribution in [1.29, 1.82) is 0 Å². The minimum atomic E-state index is -2.88. The number of imidazole rings is 1. The zero-order valence-corrected chi connectivity index (χ0v) is 17.2. The van der Waals surface area contributed by atoms with Crippen LogP contribution in [0.2, 0.25) is 0 Å². The van der Waals surface area contributed by atoms with Crippen molar-refractivity contribution in [3.8, 4) is 0 Å². The van der Waals surface area contributed by atoms with Gasteiger partial charge in [0.25, 0.3) is 0 Å². The maximum atomic E-state index is 14.8. The molecule has 0 bridgehead atoms. The van der Waals surface area contributed by atoms with E-state index in [0.717, 1.165) is 12.8 Å². The van der Waals surface area contributed by atoms with Crippen molar-refractivity contribution < 1.29 is 22.7 Å². The standard InChI is InChI=1S/C19H21FN6O4S/c20-14-16(27)13(7-24-31(28)29)30-19(14)26-9-23-15-17(21-8-22-18(15)26)25-12-6-5-10-3-1-2-4-11(10)12/h1-4,8-9,12-14,16,19,27,31H,5-7H2,(H,21,22,25)(H,24,28,29)/t12?,13-,14-,16+,19-/m1/s1. The highest BCUT2D eigenvalue weighted by Gasteiger charge is 2.45. The number of nitrogens with zero attached hydrogens (tertiary/aromatic N) is 4. The summed E-state index contributed by atoms with van der Waals surface area (Å²) in [6.07, 6.45) is -0.831. The molecule has 5 rings (SSSR count). The summed E-state index contributed by atoms with van der Waals surface area (Å²) in [7, 11) is -2.88. The molecule has 0 spiro atoms. The molecule has 3 N–H and O–H groups in total. The zero-order valence-electron chi connectivity index (χ0n) is 16.3. The summed E-state index contributed by atoms with van der Waals surface area (Å²) in [5.74, 6) is 0.529. The summed E-state index contributed by atoms with van der Waals surface area (Å²) < 4.78 is 45.4. The second kappa shape index (κ2) is 8.11. The van der Waals surface area contributed by atoms with Crippen LogP contribution in [-0.2, 0) is 22.0 Å². The molecule has 164 valence electrons. The van der Waals surface area contributed by atoms with Crippen LogP contribution in [0.1, 0.15) is 29.8 Å². The number of ether oxygens (including phenoxy) is 1. The number of anilines is 1.